The number of rotatable bonds is 25. The smallest absolute Gasteiger partial charge is 0.335 e. The topological polar surface area (TPSA) is 178 Å². The number of nitrogens with one attached hydrogen (secondary N) is 2. The van der Waals surface area contributed by atoms with Gasteiger partial charge in [-0.15, -0.1) is 0 Å². The van der Waals surface area contributed by atoms with Crippen LogP contribution in [0.25, 0.3) is 0 Å². The molecule has 0 aromatic heterocycles. The van der Waals surface area contributed by atoms with E-state index in [1.54, 1.807) is 12.1 Å². The van der Waals surface area contributed by atoms with Gasteiger partial charge in [0.2, 0.25) is 11.8 Å². The van der Waals surface area contributed by atoms with E-state index in [-0.39, 0.29) is 68.8 Å². The summed E-state index contributed by atoms with van der Waals surface area (Å²) in [5, 5.41) is 23.4. The van der Waals surface area contributed by atoms with Crippen LogP contribution in [0.15, 0.2) is 24.3 Å². The van der Waals surface area contributed by atoms with Crippen molar-refractivity contribution in [1.82, 2.24) is 10.6 Å². The Kier molecular flexibility index (Phi) is 19.2. The van der Waals surface area contributed by atoms with Gasteiger partial charge in [0.25, 0.3) is 0 Å². The number of hydrogen-bond donors (Lipinski definition) is 4. The van der Waals surface area contributed by atoms with Gasteiger partial charge in [-0.3, -0.25) is 14.4 Å². The van der Waals surface area contributed by atoms with Crippen LogP contribution in [0.1, 0.15) is 81.5 Å². The Balaban J connectivity index is 2.03. The first-order chi connectivity index (χ1) is 19.7. The van der Waals surface area contributed by atoms with Crippen LogP contribution in [-0.2, 0) is 28.7 Å². The number of carbonyl (C=O) groups is 5. The van der Waals surface area contributed by atoms with Crippen molar-refractivity contribution in [1.29, 1.82) is 0 Å². The van der Waals surface area contributed by atoms with Gasteiger partial charge in [-0.2, -0.15) is 0 Å². The van der Waals surface area contributed by atoms with Crippen molar-refractivity contribution >= 4 is 29.5 Å². The molecule has 0 saturated carbocycles. The Bertz CT molecular complexity index is 936. The molecule has 12 heteroatoms. The summed E-state index contributed by atoms with van der Waals surface area (Å²) >= 11 is 0. The number of unbranched alkanes of at least 4 members (excludes halogenated alkanes) is 6. The van der Waals surface area contributed by atoms with Crippen molar-refractivity contribution in [3.05, 3.63) is 29.8 Å². The SMILES string of the molecule is CC(=O)COCCOCCNC(=O)CC[C@H](NC(=O)CCCCCCCCCOc1ccc(C(=O)O)cc1)C(=O)O. The molecule has 230 valence electrons. The second kappa shape index (κ2) is 22.2. The summed E-state index contributed by atoms with van der Waals surface area (Å²) in [7, 11) is 0. The highest BCUT2D eigenvalue weighted by Crippen LogP contribution is 2.14. The van der Waals surface area contributed by atoms with Crippen LogP contribution >= 0.6 is 0 Å². The zero-order valence-electron chi connectivity index (χ0n) is 23.9. The summed E-state index contributed by atoms with van der Waals surface area (Å²) in [4.78, 5) is 57.2. The van der Waals surface area contributed by atoms with E-state index in [2.05, 4.69) is 10.6 Å². The predicted octanol–water partition coefficient (Wildman–Crippen LogP) is 2.97. The highest BCUT2D eigenvalue weighted by atomic mass is 16.5. The van der Waals surface area contributed by atoms with E-state index in [9.17, 15) is 29.1 Å². The summed E-state index contributed by atoms with van der Waals surface area (Å²) in [6, 6.07) is 5.19. The lowest BCUT2D eigenvalue weighted by atomic mass is 10.1. The van der Waals surface area contributed by atoms with Crippen LogP contribution in [0.5, 0.6) is 5.75 Å². The van der Waals surface area contributed by atoms with Crippen molar-refractivity contribution < 1.29 is 48.4 Å². The lowest BCUT2D eigenvalue weighted by molar-refractivity contribution is -0.142. The second-order valence-corrected chi connectivity index (χ2v) is 9.62. The van der Waals surface area contributed by atoms with E-state index in [4.69, 9.17) is 19.3 Å². The average molecular weight is 581 g/mol. The predicted molar refractivity (Wildman–Crippen MR) is 150 cm³/mol. The van der Waals surface area contributed by atoms with Crippen molar-refractivity contribution in [2.75, 3.05) is 39.6 Å². The third kappa shape index (κ3) is 19.2. The zero-order valence-corrected chi connectivity index (χ0v) is 23.9. The largest absolute Gasteiger partial charge is 0.494 e. The Labute approximate surface area is 241 Å². The van der Waals surface area contributed by atoms with Crippen molar-refractivity contribution in [3.8, 4) is 5.75 Å². The highest BCUT2D eigenvalue weighted by molar-refractivity contribution is 5.87. The Morgan fingerprint density at radius 3 is 2.02 bits per heavy atom. The zero-order chi connectivity index (χ0) is 30.3. The van der Waals surface area contributed by atoms with Gasteiger partial charge in [-0.05, 0) is 50.5 Å². The molecule has 1 atom stereocenters. The van der Waals surface area contributed by atoms with E-state index >= 15 is 0 Å². The van der Waals surface area contributed by atoms with Crippen LogP contribution < -0.4 is 15.4 Å². The first-order valence-corrected chi connectivity index (χ1v) is 14.1. The number of aromatic carboxylic acids is 1. The van der Waals surface area contributed by atoms with Gasteiger partial charge in [0, 0.05) is 19.4 Å². The van der Waals surface area contributed by atoms with Gasteiger partial charge in [0.1, 0.15) is 18.4 Å². The molecule has 0 radical (unpaired) electrons. The third-order valence-electron chi connectivity index (χ3n) is 5.96. The molecular weight excluding hydrogens is 536 g/mol. The molecule has 0 bridgehead atoms. The minimum atomic E-state index is -1.18. The molecule has 41 heavy (non-hydrogen) atoms. The third-order valence-corrected chi connectivity index (χ3v) is 5.96. The quantitative estimate of drug-likeness (QED) is 0.126. The van der Waals surface area contributed by atoms with Crippen molar-refractivity contribution in [2.45, 2.75) is 77.2 Å². The number of carboxylic acid groups (broad SMARTS) is 2. The molecule has 0 saturated heterocycles. The fraction of sp³-hybridized carbons (Fsp3) is 0.621. The molecule has 1 rings (SSSR count). The van der Waals surface area contributed by atoms with E-state index in [0.717, 1.165) is 38.5 Å². The highest BCUT2D eigenvalue weighted by Gasteiger charge is 2.20. The van der Waals surface area contributed by atoms with Crippen molar-refractivity contribution in [2.24, 2.45) is 0 Å². The van der Waals surface area contributed by atoms with E-state index < -0.39 is 18.0 Å². The van der Waals surface area contributed by atoms with E-state index in [1.165, 1.54) is 19.1 Å². The van der Waals surface area contributed by atoms with Crippen LogP contribution in [0.2, 0.25) is 0 Å². The number of benzene rings is 1. The Morgan fingerprint density at radius 1 is 0.756 bits per heavy atom. The first-order valence-electron chi connectivity index (χ1n) is 14.1. The lowest BCUT2D eigenvalue weighted by Gasteiger charge is -2.14. The Hall–Kier alpha value is -3.51. The number of ketones is 1. The number of carbonyl (C=O) groups excluding carboxylic acids is 3. The molecule has 0 spiro atoms. The average Bonchev–Trinajstić information content (AvgIpc) is 2.93. The number of aliphatic carboxylic acids is 1. The van der Waals surface area contributed by atoms with Gasteiger partial charge in [0.05, 0.1) is 32.0 Å². The molecule has 12 nitrogen and oxygen atoms in total. The number of ether oxygens (including phenoxy) is 3. The molecule has 0 aliphatic carbocycles. The number of hydrogen-bond acceptors (Lipinski definition) is 8. The van der Waals surface area contributed by atoms with Crippen LogP contribution in [-0.4, -0.2) is 85.4 Å². The molecule has 0 unspecified atom stereocenters. The minimum absolute atomic E-state index is 0.00991. The molecule has 0 aliphatic rings. The van der Waals surface area contributed by atoms with E-state index in [1.807, 2.05) is 0 Å². The molecule has 1 aromatic rings. The maximum Gasteiger partial charge on any atom is 0.335 e. The molecule has 0 fully saturated rings. The molecule has 0 heterocycles. The summed E-state index contributed by atoms with van der Waals surface area (Å²) in [6.45, 7) is 3.12. The first kappa shape index (κ1) is 35.5. The fourth-order valence-corrected chi connectivity index (χ4v) is 3.74. The molecule has 0 aliphatic heterocycles. The summed E-state index contributed by atoms with van der Waals surface area (Å²) < 4.78 is 15.9. The van der Waals surface area contributed by atoms with Crippen LogP contribution in [0.4, 0.5) is 0 Å². The summed E-state index contributed by atoms with van der Waals surface area (Å²) in [6.07, 6.45) is 6.65. The standard InChI is InChI=1S/C29H44N2O10/c1-22(32)21-40-20-19-39-18-16-30-26(33)15-14-25(29(37)38)31-27(34)9-7-5-3-2-4-6-8-17-41-24-12-10-23(11-13-24)28(35)36/h10-13,25H,2-9,14-21H2,1H3,(H,30,33)(H,31,34)(H,35,36)(H,37,38)/t25-/m0/s1. The van der Waals surface area contributed by atoms with Crippen LogP contribution in [0, 0.1) is 0 Å². The number of carboxylic acids is 2. The van der Waals surface area contributed by atoms with Gasteiger partial charge >= 0.3 is 11.9 Å². The maximum atomic E-state index is 12.2. The molecule has 4 N–H and O–H groups in total. The summed E-state index contributed by atoms with van der Waals surface area (Å²) in [5.74, 6) is -2.24. The number of Topliss-reactive ketones (excluding diaryl/α,β-unsaturated/α-hetero) is 1. The summed E-state index contributed by atoms with van der Waals surface area (Å²) in [5.41, 5.74) is 0.224. The Morgan fingerprint density at radius 2 is 1.39 bits per heavy atom. The van der Waals surface area contributed by atoms with E-state index in [0.29, 0.717) is 25.4 Å². The monoisotopic (exact) mass is 580 g/mol. The molecular formula is C29H44N2O10. The molecule has 1 aromatic carbocycles. The maximum absolute atomic E-state index is 12.2. The van der Waals surface area contributed by atoms with Crippen LogP contribution in [0.3, 0.4) is 0 Å². The normalized spacial score (nSPS) is 11.4. The minimum Gasteiger partial charge on any atom is -0.494 e. The fourth-order valence-electron chi connectivity index (χ4n) is 3.74. The van der Waals surface area contributed by atoms with Gasteiger partial charge in [0.15, 0.2) is 5.78 Å². The van der Waals surface area contributed by atoms with Crippen molar-refractivity contribution in [3.63, 3.8) is 0 Å². The lowest BCUT2D eigenvalue weighted by Crippen LogP contribution is -2.41. The van der Waals surface area contributed by atoms with Gasteiger partial charge < -0.3 is 35.1 Å². The molecule has 2 amide bonds. The second-order valence-electron chi connectivity index (χ2n) is 9.62. The van der Waals surface area contributed by atoms with Gasteiger partial charge in [-0.25, -0.2) is 9.59 Å². The van der Waals surface area contributed by atoms with Gasteiger partial charge in [-0.1, -0.05) is 32.1 Å². The number of amides is 2.